The molecule has 1 aliphatic carbocycles. The van der Waals surface area contributed by atoms with Gasteiger partial charge in [0, 0.05) is 12.1 Å². The van der Waals surface area contributed by atoms with E-state index in [0.29, 0.717) is 49.7 Å². The quantitative estimate of drug-likeness (QED) is 0.533. The molecule has 1 heterocycles. The van der Waals surface area contributed by atoms with Gasteiger partial charge in [0.2, 0.25) is 0 Å². The third kappa shape index (κ3) is 4.93. The number of fused-ring (bicyclic) bond motifs is 1. The molecule has 0 saturated heterocycles. The summed E-state index contributed by atoms with van der Waals surface area (Å²) in [7, 11) is 0. The molecular formula is C23H26N4O5. The number of urea groups is 1. The fourth-order valence-corrected chi connectivity index (χ4v) is 3.92. The maximum absolute atomic E-state index is 12.9. The standard InChI is InChI=1S/C23H26N4O5/c28-20(17-8-9-18-19(14-17)32-13-12-31-18)26-27-21(29)23(10-4-5-11-23)25-22(30)24-15-16-6-2-1-3-7-16/h1-3,6-9,14H,4-5,10-13,15H2,(H,26,28)(H,27,29)(H2,24,25,30). The Morgan fingerprint density at radius 1 is 0.875 bits per heavy atom. The molecule has 0 radical (unpaired) electrons. The topological polar surface area (TPSA) is 118 Å². The van der Waals surface area contributed by atoms with Crippen molar-refractivity contribution in [2.24, 2.45) is 0 Å². The van der Waals surface area contributed by atoms with Crippen LogP contribution in [0.15, 0.2) is 48.5 Å². The first kappa shape index (κ1) is 21.5. The van der Waals surface area contributed by atoms with Gasteiger partial charge < -0.3 is 20.1 Å². The zero-order valence-corrected chi connectivity index (χ0v) is 17.6. The van der Waals surface area contributed by atoms with Gasteiger partial charge in [-0.05, 0) is 36.6 Å². The van der Waals surface area contributed by atoms with Crippen LogP contribution in [0.1, 0.15) is 41.6 Å². The summed E-state index contributed by atoms with van der Waals surface area (Å²) in [6.45, 7) is 1.23. The van der Waals surface area contributed by atoms with Crippen molar-refractivity contribution >= 4 is 17.8 Å². The molecule has 1 fully saturated rings. The lowest BCUT2D eigenvalue weighted by Gasteiger charge is -2.29. The first-order valence-corrected chi connectivity index (χ1v) is 10.7. The molecule has 2 aliphatic rings. The van der Waals surface area contributed by atoms with E-state index in [2.05, 4.69) is 21.5 Å². The highest BCUT2D eigenvalue weighted by atomic mass is 16.6. The lowest BCUT2D eigenvalue weighted by atomic mass is 9.97. The summed E-state index contributed by atoms with van der Waals surface area (Å²) in [5.41, 5.74) is 5.11. The van der Waals surface area contributed by atoms with Crippen LogP contribution in [0.25, 0.3) is 0 Å². The van der Waals surface area contributed by atoms with E-state index in [1.165, 1.54) is 0 Å². The number of rotatable bonds is 5. The fourth-order valence-electron chi connectivity index (χ4n) is 3.92. The van der Waals surface area contributed by atoms with Crippen LogP contribution in [0.4, 0.5) is 4.79 Å². The molecule has 0 aromatic heterocycles. The summed E-state index contributed by atoms with van der Waals surface area (Å²) in [6, 6.07) is 13.9. The Morgan fingerprint density at radius 2 is 1.59 bits per heavy atom. The van der Waals surface area contributed by atoms with Crippen LogP contribution in [0.5, 0.6) is 11.5 Å². The van der Waals surface area contributed by atoms with Gasteiger partial charge >= 0.3 is 6.03 Å². The van der Waals surface area contributed by atoms with Crippen molar-refractivity contribution in [1.29, 1.82) is 0 Å². The Labute approximate surface area is 185 Å². The molecule has 1 saturated carbocycles. The maximum atomic E-state index is 12.9. The molecule has 4 N–H and O–H groups in total. The van der Waals surface area contributed by atoms with E-state index in [1.807, 2.05) is 30.3 Å². The van der Waals surface area contributed by atoms with Gasteiger partial charge in [0.25, 0.3) is 11.8 Å². The van der Waals surface area contributed by atoms with E-state index in [-0.39, 0.29) is 0 Å². The number of hydrazine groups is 1. The molecule has 0 spiro atoms. The minimum atomic E-state index is -1.07. The van der Waals surface area contributed by atoms with Crippen molar-refractivity contribution in [3.63, 3.8) is 0 Å². The Kier molecular flexibility index (Phi) is 6.44. The summed E-state index contributed by atoms with van der Waals surface area (Å²) in [4.78, 5) is 37.9. The Balaban J connectivity index is 1.33. The first-order chi connectivity index (χ1) is 15.6. The number of amides is 4. The van der Waals surface area contributed by atoms with Crippen molar-refractivity contribution in [3.8, 4) is 11.5 Å². The summed E-state index contributed by atoms with van der Waals surface area (Å²) in [5.74, 6) is 0.124. The zero-order chi connectivity index (χ0) is 22.4. The molecule has 4 amide bonds. The average molecular weight is 438 g/mol. The van der Waals surface area contributed by atoms with Gasteiger partial charge in [-0.2, -0.15) is 0 Å². The molecule has 9 nitrogen and oxygen atoms in total. The van der Waals surface area contributed by atoms with Crippen LogP contribution in [0.3, 0.4) is 0 Å². The van der Waals surface area contributed by atoms with Crippen LogP contribution in [0.2, 0.25) is 0 Å². The van der Waals surface area contributed by atoms with Crippen molar-refractivity contribution in [1.82, 2.24) is 21.5 Å². The molecule has 9 heteroatoms. The molecule has 168 valence electrons. The van der Waals surface area contributed by atoms with Crippen molar-refractivity contribution in [2.45, 2.75) is 37.8 Å². The first-order valence-electron chi connectivity index (χ1n) is 10.7. The Hall–Kier alpha value is -3.75. The molecule has 0 unspecified atom stereocenters. The van der Waals surface area contributed by atoms with Gasteiger partial charge in [-0.1, -0.05) is 43.2 Å². The molecule has 0 atom stereocenters. The molecule has 0 bridgehead atoms. The average Bonchev–Trinajstić information content (AvgIpc) is 3.31. The lowest BCUT2D eigenvalue weighted by Crippen LogP contribution is -2.61. The SMILES string of the molecule is O=C(NCc1ccccc1)NC1(C(=O)NNC(=O)c2ccc3c(c2)OCCO3)CCCC1. The largest absolute Gasteiger partial charge is 0.486 e. The number of hydrogen-bond donors (Lipinski definition) is 4. The highest BCUT2D eigenvalue weighted by Crippen LogP contribution is 2.31. The van der Waals surface area contributed by atoms with E-state index in [4.69, 9.17) is 9.47 Å². The normalized spacial score (nSPS) is 16.0. The number of carbonyl (C=O) groups excluding carboxylic acids is 3. The summed E-state index contributed by atoms with van der Waals surface area (Å²) >= 11 is 0. The Morgan fingerprint density at radius 3 is 2.34 bits per heavy atom. The van der Waals surface area contributed by atoms with Gasteiger partial charge in [-0.25, -0.2) is 4.79 Å². The van der Waals surface area contributed by atoms with Crippen LogP contribution in [0, 0.1) is 0 Å². The predicted octanol–water partition coefficient (Wildman–Crippen LogP) is 2.03. The second kappa shape index (κ2) is 9.59. The number of carbonyl (C=O) groups is 3. The van der Waals surface area contributed by atoms with Gasteiger partial charge in [0.1, 0.15) is 18.8 Å². The minimum absolute atomic E-state index is 0.323. The van der Waals surface area contributed by atoms with Crippen LogP contribution < -0.4 is 31.0 Å². The number of nitrogens with one attached hydrogen (secondary N) is 4. The molecular weight excluding hydrogens is 412 g/mol. The monoisotopic (exact) mass is 438 g/mol. The van der Waals surface area contributed by atoms with E-state index >= 15 is 0 Å². The van der Waals surface area contributed by atoms with Crippen molar-refractivity contribution < 1.29 is 23.9 Å². The minimum Gasteiger partial charge on any atom is -0.486 e. The molecule has 4 rings (SSSR count). The van der Waals surface area contributed by atoms with Crippen molar-refractivity contribution in [3.05, 3.63) is 59.7 Å². The van der Waals surface area contributed by atoms with Crippen LogP contribution in [-0.4, -0.2) is 36.6 Å². The smallest absolute Gasteiger partial charge is 0.315 e. The number of hydrogen-bond acceptors (Lipinski definition) is 5. The number of benzene rings is 2. The zero-order valence-electron chi connectivity index (χ0n) is 17.6. The summed E-state index contributed by atoms with van der Waals surface area (Å²) in [5, 5.41) is 5.60. The number of ether oxygens (including phenoxy) is 2. The van der Waals surface area contributed by atoms with E-state index in [9.17, 15) is 14.4 Å². The summed E-state index contributed by atoms with van der Waals surface area (Å²) < 4.78 is 10.9. The molecule has 1 aliphatic heterocycles. The lowest BCUT2D eigenvalue weighted by molar-refractivity contribution is -0.127. The van der Waals surface area contributed by atoms with Crippen LogP contribution >= 0.6 is 0 Å². The maximum Gasteiger partial charge on any atom is 0.315 e. The van der Waals surface area contributed by atoms with Gasteiger partial charge in [0.05, 0.1) is 0 Å². The molecule has 2 aromatic carbocycles. The third-order valence-electron chi connectivity index (χ3n) is 5.63. The van der Waals surface area contributed by atoms with Crippen molar-refractivity contribution in [2.75, 3.05) is 13.2 Å². The summed E-state index contributed by atoms with van der Waals surface area (Å²) in [6.07, 6.45) is 2.61. The van der Waals surface area contributed by atoms with E-state index < -0.39 is 23.4 Å². The molecule has 2 aromatic rings. The van der Waals surface area contributed by atoms with Gasteiger partial charge in [0.15, 0.2) is 11.5 Å². The third-order valence-corrected chi connectivity index (χ3v) is 5.63. The van der Waals surface area contributed by atoms with Gasteiger partial charge in [-0.15, -0.1) is 0 Å². The fraction of sp³-hybridized carbons (Fsp3) is 0.348. The van der Waals surface area contributed by atoms with Gasteiger partial charge in [-0.3, -0.25) is 20.4 Å². The second-order valence-electron chi connectivity index (χ2n) is 7.85. The Bertz CT molecular complexity index is 989. The predicted molar refractivity (Wildman–Crippen MR) is 116 cm³/mol. The second-order valence-corrected chi connectivity index (χ2v) is 7.85. The highest BCUT2D eigenvalue weighted by Gasteiger charge is 2.42. The van der Waals surface area contributed by atoms with E-state index in [1.54, 1.807) is 18.2 Å². The van der Waals surface area contributed by atoms with Crippen LogP contribution in [-0.2, 0) is 11.3 Å². The van der Waals surface area contributed by atoms with E-state index in [0.717, 1.165) is 18.4 Å². The molecule has 32 heavy (non-hydrogen) atoms. The highest BCUT2D eigenvalue weighted by molar-refractivity contribution is 5.98.